The molecular formula is C30H32F2N6O2. The number of aryl methyl sites for hydroxylation is 1. The lowest BCUT2D eigenvalue weighted by atomic mass is 10.0. The van der Waals surface area contributed by atoms with E-state index in [0.717, 1.165) is 53.9 Å². The molecule has 40 heavy (non-hydrogen) atoms. The van der Waals surface area contributed by atoms with Gasteiger partial charge in [0.2, 0.25) is 5.95 Å². The van der Waals surface area contributed by atoms with Crippen molar-refractivity contribution >= 4 is 28.2 Å². The lowest BCUT2D eigenvalue weighted by Crippen LogP contribution is -2.37. The Hall–Kier alpha value is -3.86. The molecule has 1 atom stereocenters. The van der Waals surface area contributed by atoms with Crippen molar-refractivity contribution in [2.75, 3.05) is 36.1 Å². The lowest BCUT2D eigenvalue weighted by molar-refractivity contribution is 0.180. The maximum Gasteiger partial charge on any atom is 0.223 e. The summed E-state index contributed by atoms with van der Waals surface area (Å²) in [4.78, 5) is 11.3. The van der Waals surface area contributed by atoms with Gasteiger partial charge in [0.05, 0.1) is 28.6 Å². The number of hydrazine groups is 1. The van der Waals surface area contributed by atoms with Gasteiger partial charge in [0.1, 0.15) is 5.82 Å². The summed E-state index contributed by atoms with van der Waals surface area (Å²) >= 11 is 0. The molecule has 4 aromatic rings. The molecule has 0 saturated carbocycles. The minimum Gasteiger partial charge on any atom is -0.388 e. The highest BCUT2D eigenvalue weighted by molar-refractivity contribution is 5.85. The molecule has 2 aliphatic rings. The van der Waals surface area contributed by atoms with E-state index in [1.165, 1.54) is 6.07 Å². The molecule has 1 aromatic heterocycles. The van der Waals surface area contributed by atoms with Crippen LogP contribution in [0.1, 0.15) is 42.1 Å². The molecule has 1 saturated heterocycles. The van der Waals surface area contributed by atoms with E-state index in [1.807, 2.05) is 13.0 Å². The van der Waals surface area contributed by atoms with Crippen molar-refractivity contribution in [2.24, 2.45) is 0 Å². The van der Waals surface area contributed by atoms with E-state index in [4.69, 9.17) is 0 Å². The summed E-state index contributed by atoms with van der Waals surface area (Å²) in [6, 6.07) is 11.4. The number of rotatable bonds is 6. The minimum absolute atomic E-state index is 0.0956. The normalized spacial score (nSPS) is 17.7. The highest BCUT2D eigenvalue weighted by Gasteiger charge is 2.26. The Labute approximate surface area is 231 Å². The first-order valence-electron chi connectivity index (χ1n) is 13.5. The molecule has 1 aliphatic carbocycles. The molecule has 1 fully saturated rings. The number of aromatic nitrogens is 2. The average Bonchev–Trinajstić information content (AvgIpc) is 3.31. The van der Waals surface area contributed by atoms with Gasteiger partial charge >= 0.3 is 0 Å². The summed E-state index contributed by atoms with van der Waals surface area (Å²) in [6.07, 6.45) is 4.21. The van der Waals surface area contributed by atoms with Gasteiger partial charge in [-0.1, -0.05) is 12.1 Å². The van der Waals surface area contributed by atoms with E-state index in [1.54, 1.807) is 30.5 Å². The number of nitrogens with one attached hydrogen (secondary N) is 2. The van der Waals surface area contributed by atoms with Crippen LogP contribution in [0, 0.1) is 18.6 Å². The van der Waals surface area contributed by atoms with Crippen LogP contribution < -0.4 is 15.9 Å². The van der Waals surface area contributed by atoms with Crippen LogP contribution in [0.4, 0.5) is 26.1 Å². The predicted molar refractivity (Wildman–Crippen MR) is 151 cm³/mol. The summed E-state index contributed by atoms with van der Waals surface area (Å²) in [6.45, 7) is 3.89. The monoisotopic (exact) mass is 546 g/mol. The van der Waals surface area contributed by atoms with Gasteiger partial charge in [0.25, 0.3) is 0 Å². The van der Waals surface area contributed by atoms with Gasteiger partial charge in [-0.25, -0.2) is 18.7 Å². The lowest BCUT2D eigenvalue weighted by Gasteiger charge is -2.29. The molecule has 0 radical (unpaired) electrons. The van der Waals surface area contributed by atoms with E-state index >= 15 is 4.39 Å². The highest BCUT2D eigenvalue weighted by Crippen LogP contribution is 2.39. The molecular weight excluding hydrogens is 514 g/mol. The zero-order valence-corrected chi connectivity index (χ0v) is 22.5. The van der Waals surface area contributed by atoms with E-state index in [9.17, 15) is 14.7 Å². The topological polar surface area (TPSA) is 96.8 Å². The fraction of sp³-hybridized carbons (Fsp3) is 0.333. The van der Waals surface area contributed by atoms with E-state index < -0.39 is 17.7 Å². The van der Waals surface area contributed by atoms with E-state index in [0.29, 0.717) is 47.0 Å². The maximum absolute atomic E-state index is 15.7. The van der Waals surface area contributed by atoms with Crippen LogP contribution in [0.25, 0.3) is 22.0 Å². The van der Waals surface area contributed by atoms with Crippen LogP contribution in [-0.4, -0.2) is 51.4 Å². The maximum atomic E-state index is 15.7. The molecule has 6 rings (SSSR count). The number of halogens is 2. The highest BCUT2D eigenvalue weighted by atomic mass is 19.1. The second-order valence-electron chi connectivity index (χ2n) is 10.8. The molecule has 208 valence electrons. The summed E-state index contributed by atoms with van der Waals surface area (Å²) in [5.41, 5.74) is 6.13. The SMILES string of the molecule is Cc1cc2c(c(N(O)Nc3ccc(F)c(-c4ccc5nc(NC6CCN(C)CC6)ncc5c4)c3F)c1)CCC2O. The van der Waals surface area contributed by atoms with Gasteiger partial charge < -0.3 is 15.3 Å². The molecule has 3 aromatic carbocycles. The molecule has 2 heterocycles. The predicted octanol–water partition coefficient (Wildman–Crippen LogP) is 5.59. The van der Waals surface area contributed by atoms with Gasteiger partial charge in [-0.05, 0) is 105 Å². The minimum atomic E-state index is -0.843. The second-order valence-corrected chi connectivity index (χ2v) is 10.8. The fourth-order valence-corrected chi connectivity index (χ4v) is 5.69. The van der Waals surface area contributed by atoms with Gasteiger partial charge in [0, 0.05) is 17.6 Å². The molecule has 4 N–H and O–H groups in total. The molecule has 0 amide bonds. The molecule has 1 unspecified atom stereocenters. The number of aliphatic hydroxyl groups excluding tert-OH is 1. The van der Waals surface area contributed by atoms with Gasteiger partial charge in [-0.15, -0.1) is 0 Å². The summed E-state index contributed by atoms with van der Waals surface area (Å²) in [5.74, 6) is -1.03. The van der Waals surface area contributed by atoms with Gasteiger partial charge in [-0.3, -0.25) is 10.6 Å². The summed E-state index contributed by atoms with van der Waals surface area (Å²) < 4.78 is 30.7. The Morgan fingerprint density at radius 2 is 1.85 bits per heavy atom. The second kappa shape index (κ2) is 10.6. The zero-order chi connectivity index (χ0) is 28.0. The van der Waals surface area contributed by atoms with Crippen molar-refractivity contribution in [3.63, 3.8) is 0 Å². The summed E-state index contributed by atoms with van der Waals surface area (Å²) in [7, 11) is 2.11. The number of fused-ring (bicyclic) bond motifs is 2. The average molecular weight is 547 g/mol. The fourth-order valence-electron chi connectivity index (χ4n) is 5.69. The Kier molecular flexibility index (Phi) is 6.99. The van der Waals surface area contributed by atoms with Crippen LogP contribution in [0.15, 0.2) is 48.7 Å². The van der Waals surface area contributed by atoms with Crippen LogP contribution >= 0.6 is 0 Å². The molecule has 0 bridgehead atoms. The smallest absolute Gasteiger partial charge is 0.223 e. The quantitative estimate of drug-likeness (QED) is 0.233. The number of hydrogen-bond acceptors (Lipinski definition) is 8. The van der Waals surface area contributed by atoms with Crippen LogP contribution in [-0.2, 0) is 6.42 Å². The Morgan fingerprint density at radius 1 is 1.05 bits per heavy atom. The van der Waals surface area contributed by atoms with Crippen LogP contribution in [0.2, 0.25) is 0 Å². The number of hydrogen-bond donors (Lipinski definition) is 4. The number of nitrogens with zero attached hydrogens (tertiary/aromatic N) is 4. The van der Waals surface area contributed by atoms with Gasteiger partial charge in [0.15, 0.2) is 5.82 Å². The Bertz CT molecular complexity index is 1570. The largest absolute Gasteiger partial charge is 0.388 e. The Balaban J connectivity index is 1.26. The van der Waals surface area contributed by atoms with Crippen molar-refractivity contribution in [3.8, 4) is 11.1 Å². The number of aliphatic hydroxyl groups is 1. The van der Waals surface area contributed by atoms with Crippen LogP contribution in [0.3, 0.4) is 0 Å². The first-order valence-corrected chi connectivity index (χ1v) is 13.5. The first kappa shape index (κ1) is 26.4. The van der Waals surface area contributed by atoms with Crippen molar-refractivity contribution < 1.29 is 19.1 Å². The van der Waals surface area contributed by atoms with Gasteiger partial charge in [-0.2, -0.15) is 5.17 Å². The Morgan fingerprint density at radius 3 is 2.65 bits per heavy atom. The third kappa shape index (κ3) is 5.05. The standard InChI is InChI=1S/C30H32F2N6O2/c1-17-13-22-21(4-8-27(22)39)26(14-17)38(40)36-25-7-5-23(31)28(29(25)32)18-3-6-24-19(15-18)16-33-30(35-24)34-20-9-11-37(2)12-10-20/h3,5-7,13-16,20,27,36,39-40H,4,8-12H2,1-2H3,(H,33,34,35). The first-order chi connectivity index (χ1) is 19.3. The van der Waals surface area contributed by atoms with E-state index in [2.05, 4.69) is 32.7 Å². The zero-order valence-electron chi connectivity index (χ0n) is 22.5. The number of benzene rings is 3. The number of piperidine rings is 1. The third-order valence-electron chi connectivity index (χ3n) is 7.90. The molecule has 10 heteroatoms. The number of anilines is 3. The van der Waals surface area contributed by atoms with Crippen molar-refractivity contribution in [1.82, 2.24) is 14.9 Å². The number of likely N-dealkylation sites (tertiary alicyclic amines) is 1. The molecule has 0 spiro atoms. The molecule has 1 aliphatic heterocycles. The van der Waals surface area contributed by atoms with E-state index in [-0.39, 0.29) is 11.3 Å². The van der Waals surface area contributed by atoms with Crippen molar-refractivity contribution in [2.45, 2.75) is 44.8 Å². The summed E-state index contributed by atoms with van der Waals surface area (Å²) in [5, 5.41) is 25.9. The van der Waals surface area contributed by atoms with Crippen molar-refractivity contribution in [3.05, 3.63) is 77.0 Å². The van der Waals surface area contributed by atoms with Crippen LogP contribution in [0.5, 0.6) is 0 Å². The van der Waals surface area contributed by atoms with Crippen molar-refractivity contribution in [1.29, 1.82) is 0 Å². The third-order valence-corrected chi connectivity index (χ3v) is 7.90. The molecule has 8 nitrogen and oxygen atoms in total.